The number of nitro benzene ring substituents is 1. The van der Waals surface area contributed by atoms with E-state index in [2.05, 4.69) is 15.7 Å². The highest BCUT2D eigenvalue weighted by atomic mass is 35.5. The van der Waals surface area contributed by atoms with Crippen molar-refractivity contribution in [1.29, 1.82) is 0 Å². The van der Waals surface area contributed by atoms with Crippen molar-refractivity contribution in [3.63, 3.8) is 0 Å². The maximum atomic E-state index is 12.3. The van der Waals surface area contributed by atoms with Gasteiger partial charge in [-0.1, -0.05) is 47.5 Å². The first-order chi connectivity index (χ1) is 14.0. The molecule has 1 amide bonds. The second-order valence-electron chi connectivity index (χ2n) is 6.09. The fourth-order valence-electron chi connectivity index (χ4n) is 2.70. The van der Waals surface area contributed by atoms with Crippen LogP contribution in [0, 0.1) is 10.1 Å². The molecule has 0 aliphatic heterocycles. The van der Waals surface area contributed by atoms with Gasteiger partial charge in [-0.2, -0.15) is 5.10 Å². The molecule has 1 heterocycles. The van der Waals surface area contributed by atoms with Crippen LogP contribution >= 0.6 is 23.2 Å². The maximum Gasteiger partial charge on any atom is 0.292 e. The summed E-state index contributed by atoms with van der Waals surface area (Å²) in [6.07, 6.45) is 1.69. The number of halogens is 2. The lowest BCUT2D eigenvalue weighted by molar-refractivity contribution is -0.384. The zero-order valence-electron chi connectivity index (χ0n) is 15.1. The lowest BCUT2D eigenvalue weighted by Gasteiger charge is -2.11. The number of benzene rings is 2. The number of nitrogens with one attached hydrogen (secondary N) is 2. The highest BCUT2D eigenvalue weighted by Crippen LogP contribution is 2.27. The van der Waals surface area contributed by atoms with E-state index < -0.39 is 4.92 Å². The van der Waals surface area contributed by atoms with Crippen molar-refractivity contribution in [2.24, 2.45) is 0 Å². The first-order valence-corrected chi connectivity index (χ1v) is 9.43. The summed E-state index contributed by atoms with van der Waals surface area (Å²) < 4.78 is 1.60. The van der Waals surface area contributed by atoms with Gasteiger partial charge in [-0.15, -0.1) is 0 Å². The minimum absolute atomic E-state index is 0.0376. The summed E-state index contributed by atoms with van der Waals surface area (Å²) in [5.41, 5.74) is 1.10. The summed E-state index contributed by atoms with van der Waals surface area (Å²) in [5, 5.41) is 21.8. The second-order valence-corrected chi connectivity index (χ2v) is 6.87. The van der Waals surface area contributed by atoms with Gasteiger partial charge in [0.05, 0.1) is 27.7 Å². The molecule has 0 fully saturated rings. The summed E-state index contributed by atoms with van der Waals surface area (Å²) >= 11 is 12.2. The predicted octanol–water partition coefficient (Wildman–Crippen LogP) is 4.59. The summed E-state index contributed by atoms with van der Waals surface area (Å²) in [5.74, 6) is 0.256. The Kier molecular flexibility index (Phi) is 6.69. The fraction of sp³-hybridized carbons (Fsp3) is 0.158. The SMILES string of the molecule is O=C(CCNc1ccccc1[N+](=O)[O-])Nc1ccnn1Cc1cccc(Cl)c1Cl. The molecule has 3 rings (SSSR count). The molecule has 150 valence electrons. The Labute approximate surface area is 176 Å². The van der Waals surface area contributed by atoms with Gasteiger partial charge in [-0.3, -0.25) is 14.9 Å². The van der Waals surface area contributed by atoms with Crippen LogP contribution in [0.15, 0.2) is 54.7 Å². The third kappa shape index (κ3) is 5.24. The number of amides is 1. The van der Waals surface area contributed by atoms with Gasteiger partial charge in [-0.05, 0) is 17.7 Å². The lowest BCUT2D eigenvalue weighted by atomic mass is 10.2. The monoisotopic (exact) mass is 433 g/mol. The number of carbonyl (C=O) groups excluding carboxylic acids is 1. The third-order valence-corrected chi connectivity index (χ3v) is 4.96. The van der Waals surface area contributed by atoms with Crippen molar-refractivity contribution in [3.05, 3.63) is 80.5 Å². The van der Waals surface area contributed by atoms with E-state index in [0.29, 0.717) is 28.1 Å². The molecule has 2 N–H and O–H groups in total. The summed E-state index contributed by atoms with van der Waals surface area (Å²) in [6.45, 7) is 0.585. The lowest BCUT2D eigenvalue weighted by Crippen LogP contribution is -2.19. The largest absolute Gasteiger partial charge is 0.379 e. The molecule has 0 bridgehead atoms. The molecule has 0 atom stereocenters. The number of hydrogen-bond acceptors (Lipinski definition) is 5. The molecule has 0 aliphatic rings. The number of aromatic nitrogens is 2. The first kappa shape index (κ1) is 20.6. The maximum absolute atomic E-state index is 12.3. The van der Waals surface area contributed by atoms with E-state index >= 15 is 0 Å². The standard InChI is InChI=1S/C19H17Cl2N5O3/c20-14-5-3-4-13(19(14)21)12-25-17(8-11-23-25)24-18(27)9-10-22-15-6-1-2-7-16(15)26(28)29/h1-8,11,22H,9-10,12H2,(H,24,27). The Morgan fingerprint density at radius 2 is 1.93 bits per heavy atom. The first-order valence-electron chi connectivity index (χ1n) is 8.67. The van der Waals surface area contributed by atoms with E-state index in [1.807, 2.05) is 6.07 Å². The Morgan fingerprint density at radius 3 is 2.72 bits per heavy atom. The van der Waals surface area contributed by atoms with E-state index in [0.717, 1.165) is 5.56 Å². The normalized spacial score (nSPS) is 10.6. The van der Waals surface area contributed by atoms with Crippen LogP contribution in [0.1, 0.15) is 12.0 Å². The average molecular weight is 434 g/mol. The summed E-state index contributed by atoms with van der Waals surface area (Å²) in [7, 11) is 0. The van der Waals surface area contributed by atoms with Crippen LogP contribution in [-0.2, 0) is 11.3 Å². The number of hydrogen-bond donors (Lipinski definition) is 2. The number of carbonyl (C=O) groups is 1. The van der Waals surface area contributed by atoms with Crippen LogP contribution in [0.3, 0.4) is 0 Å². The highest BCUT2D eigenvalue weighted by Gasteiger charge is 2.13. The molecular weight excluding hydrogens is 417 g/mol. The van der Waals surface area contributed by atoms with Crippen molar-refractivity contribution in [2.75, 3.05) is 17.2 Å². The van der Waals surface area contributed by atoms with E-state index in [1.165, 1.54) is 6.07 Å². The molecule has 29 heavy (non-hydrogen) atoms. The van der Waals surface area contributed by atoms with E-state index in [4.69, 9.17) is 23.2 Å². The van der Waals surface area contributed by atoms with E-state index in [9.17, 15) is 14.9 Å². The molecule has 10 heteroatoms. The fourth-order valence-corrected chi connectivity index (χ4v) is 3.07. The number of nitro groups is 1. The topological polar surface area (TPSA) is 102 Å². The van der Waals surface area contributed by atoms with Gasteiger partial charge < -0.3 is 10.6 Å². The number of nitrogens with zero attached hydrogens (tertiary/aromatic N) is 3. The van der Waals surface area contributed by atoms with Crippen molar-refractivity contribution in [2.45, 2.75) is 13.0 Å². The minimum atomic E-state index is -0.470. The highest BCUT2D eigenvalue weighted by molar-refractivity contribution is 6.42. The molecular formula is C19H17Cl2N5O3. The van der Waals surface area contributed by atoms with Crippen LogP contribution in [0.2, 0.25) is 10.0 Å². The van der Waals surface area contributed by atoms with Crippen LogP contribution < -0.4 is 10.6 Å². The van der Waals surface area contributed by atoms with E-state index in [-0.39, 0.29) is 24.6 Å². The summed E-state index contributed by atoms with van der Waals surface area (Å²) in [4.78, 5) is 22.8. The van der Waals surface area contributed by atoms with Gasteiger partial charge in [0.2, 0.25) is 5.91 Å². The second kappa shape index (κ2) is 9.40. The molecule has 0 radical (unpaired) electrons. The molecule has 0 spiro atoms. The van der Waals surface area contributed by atoms with Crippen molar-refractivity contribution in [3.8, 4) is 0 Å². The molecule has 0 aliphatic carbocycles. The zero-order chi connectivity index (χ0) is 20.8. The Morgan fingerprint density at radius 1 is 1.14 bits per heavy atom. The Bertz CT molecular complexity index is 1040. The molecule has 0 unspecified atom stereocenters. The van der Waals surface area contributed by atoms with Gasteiger partial charge >= 0.3 is 0 Å². The van der Waals surface area contributed by atoms with E-state index in [1.54, 1.807) is 47.3 Å². The van der Waals surface area contributed by atoms with Gasteiger partial charge in [0.1, 0.15) is 11.5 Å². The molecule has 8 nitrogen and oxygen atoms in total. The third-order valence-electron chi connectivity index (χ3n) is 4.10. The van der Waals surface area contributed by atoms with Crippen molar-refractivity contribution < 1.29 is 9.72 Å². The van der Waals surface area contributed by atoms with Gasteiger partial charge in [0.15, 0.2) is 0 Å². The minimum Gasteiger partial charge on any atom is -0.379 e. The summed E-state index contributed by atoms with van der Waals surface area (Å²) in [6, 6.07) is 13.3. The van der Waals surface area contributed by atoms with Crippen LogP contribution in [-0.4, -0.2) is 27.2 Å². The van der Waals surface area contributed by atoms with Crippen LogP contribution in [0.4, 0.5) is 17.2 Å². The average Bonchev–Trinajstić information content (AvgIpc) is 3.12. The smallest absolute Gasteiger partial charge is 0.292 e. The number of rotatable bonds is 8. The quantitative estimate of drug-likeness (QED) is 0.399. The van der Waals surface area contributed by atoms with Crippen molar-refractivity contribution >= 4 is 46.3 Å². The van der Waals surface area contributed by atoms with Gasteiger partial charge in [-0.25, -0.2) is 4.68 Å². The van der Waals surface area contributed by atoms with Crippen LogP contribution in [0.25, 0.3) is 0 Å². The molecule has 0 saturated heterocycles. The Balaban J connectivity index is 1.58. The van der Waals surface area contributed by atoms with Crippen molar-refractivity contribution in [1.82, 2.24) is 9.78 Å². The molecule has 2 aromatic carbocycles. The van der Waals surface area contributed by atoms with Gasteiger partial charge in [0.25, 0.3) is 5.69 Å². The molecule has 3 aromatic rings. The predicted molar refractivity (Wildman–Crippen MR) is 113 cm³/mol. The number of anilines is 2. The van der Waals surface area contributed by atoms with Gasteiger partial charge in [0, 0.05) is 25.1 Å². The van der Waals surface area contributed by atoms with Crippen LogP contribution in [0.5, 0.6) is 0 Å². The zero-order valence-corrected chi connectivity index (χ0v) is 16.7. The molecule has 0 saturated carbocycles. The number of para-hydroxylation sites is 2. The Hall–Kier alpha value is -3.10. The molecule has 1 aromatic heterocycles.